The first-order valence-electron chi connectivity index (χ1n) is 6.34. The second kappa shape index (κ2) is 5.14. The Labute approximate surface area is 121 Å². The minimum atomic E-state index is -1.41. The molecule has 6 N–H and O–H groups in total. The Morgan fingerprint density at radius 3 is 2.68 bits per heavy atom. The number of aromatic amines is 2. The molecule has 0 spiro atoms. The Bertz CT molecular complexity index is 885. The van der Waals surface area contributed by atoms with E-state index in [1.54, 1.807) is 0 Å². The van der Waals surface area contributed by atoms with E-state index in [0.717, 1.165) is 10.9 Å². The highest BCUT2D eigenvalue weighted by molar-refractivity contribution is 5.71. The molecule has 1 fully saturated rings. The van der Waals surface area contributed by atoms with Gasteiger partial charge in [-0.15, -0.1) is 0 Å². The van der Waals surface area contributed by atoms with Gasteiger partial charge in [-0.1, -0.05) is 0 Å². The summed E-state index contributed by atoms with van der Waals surface area (Å²) >= 11 is 0. The molecular weight excluding hydrogens is 298 g/mol. The van der Waals surface area contributed by atoms with Gasteiger partial charge in [0.05, 0.1) is 6.61 Å². The number of nitrogens with one attached hydrogen (secondary N) is 3. The zero-order valence-corrected chi connectivity index (χ0v) is 11.1. The number of hydrogen-bond acceptors (Lipinski definition) is 8. The average Bonchev–Trinajstić information content (AvgIpc) is 2.75. The molecule has 0 aromatic carbocycles. The summed E-state index contributed by atoms with van der Waals surface area (Å²) in [5.74, 6) is 0. The van der Waals surface area contributed by atoms with Crippen LogP contribution in [0.5, 0.6) is 0 Å². The van der Waals surface area contributed by atoms with E-state index >= 15 is 0 Å². The Hall–Kier alpha value is -2.34. The van der Waals surface area contributed by atoms with E-state index in [1.165, 1.54) is 0 Å². The summed E-state index contributed by atoms with van der Waals surface area (Å²) in [6, 6.07) is 0. The molecular formula is C11H13N5O6. The second-order valence-electron chi connectivity index (χ2n) is 4.86. The lowest BCUT2D eigenvalue weighted by atomic mass is 10.1. The fraction of sp³-hybridized carbons (Fsp3) is 0.455. The van der Waals surface area contributed by atoms with Gasteiger partial charge in [-0.3, -0.25) is 24.7 Å². The smallest absolute Gasteiger partial charge is 0.327 e. The Balaban J connectivity index is 2.25. The lowest BCUT2D eigenvalue weighted by molar-refractivity contribution is -0.0515. The van der Waals surface area contributed by atoms with Crippen LogP contribution >= 0.6 is 0 Å². The van der Waals surface area contributed by atoms with Crippen molar-refractivity contribution in [3.8, 4) is 0 Å². The summed E-state index contributed by atoms with van der Waals surface area (Å²) < 4.78 is 6.46. The van der Waals surface area contributed by atoms with Crippen molar-refractivity contribution in [2.24, 2.45) is 0 Å². The van der Waals surface area contributed by atoms with Crippen LogP contribution in [0.3, 0.4) is 0 Å². The van der Waals surface area contributed by atoms with Gasteiger partial charge in [0.15, 0.2) is 11.7 Å². The van der Waals surface area contributed by atoms with Crippen molar-refractivity contribution >= 4 is 11.0 Å². The number of rotatable bonds is 2. The molecule has 0 amide bonds. The third-order valence-corrected chi connectivity index (χ3v) is 3.52. The van der Waals surface area contributed by atoms with E-state index < -0.39 is 42.4 Å². The van der Waals surface area contributed by atoms with E-state index in [9.17, 15) is 19.8 Å². The molecule has 0 saturated carbocycles. The van der Waals surface area contributed by atoms with Gasteiger partial charge in [-0.2, -0.15) is 0 Å². The second-order valence-corrected chi connectivity index (χ2v) is 4.86. The van der Waals surface area contributed by atoms with Crippen LogP contribution in [0.4, 0.5) is 0 Å². The first-order chi connectivity index (χ1) is 10.4. The van der Waals surface area contributed by atoms with Gasteiger partial charge < -0.3 is 20.1 Å². The molecule has 1 aliphatic rings. The number of aliphatic hydroxyl groups excluding tert-OH is 3. The quantitative estimate of drug-likeness (QED) is 0.333. The topological polar surface area (TPSA) is 177 Å². The van der Waals surface area contributed by atoms with Crippen molar-refractivity contribution in [3.05, 3.63) is 32.7 Å². The number of aromatic nitrogens is 4. The maximum absolute atomic E-state index is 11.8. The standard InChI is InChI=1S/C11H13N5O6/c12-7-4-8(14-11(21)15-9(4)20)16(2-13-7)10-6(19)5(18)3(1-17)22-10/h2-3,5-6,10,12,17-19H,1H2,(H2,14,15,20,21)/t3-,5-,6+,10+/m1/s1. The summed E-state index contributed by atoms with van der Waals surface area (Å²) in [5.41, 5.74) is -2.06. The molecule has 118 valence electrons. The average molecular weight is 311 g/mol. The molecule has 1 saturated heterocycles. The molecule has 2 aromatic rings. The molecule has 11 nitrogen and oxygen atoms in total. The van der Waals surface area contributed by atoms with E-state index in [-0.39, 0.29) is 16.5 Å². The van der Waals surface area contributed by atoms with Gasteiger partial charge in [-0.05, 0) is 0 Å². The molecule has 11 heteroatoms. The molecule has 0 unspecified atom stereocenters. The Morgan fingerprint density at radius 2 is 2.05 bits per heavy atom. The highest BCUT2D eigenvalue weighted by Crippen LogP contribution is 2.29. The Morgan fingerprint density at radius 1 is 1.32 bits per heavy atom. The molecule has 3 rings (SSSR count). The molecule has 0 radical (unpaired) electrons. The highest BCUT2D eigenvalue weighted by atomic mass is 16.6. The van der Waals surface area contributed by atoms with Crippen molar-refractivity contribution in [3.63, 3.8) is 0 Å². The summed E-state index contributed by atoms with van der Waals surface area (Å²) in [6.45, 7) is -0.520. The van der Waals surface area contributed by atoms with Gasteiger partial charge >= 0.3 is 5.69 Å². The number of ether oxygens (including phenoxy) is 1. The van der Waals surface area contributed by atoms with Crippen LogP contribution in [0.1, 0.15) is 6.23 Å². The van der Waals surface area contributed by atoms with Gasteiger partial charge in [0, 0.05) is 0 Å². The molecule has 22 heavy (non-hydrogen) atoms. The summed E-state index contributed by atoms with van der Waals surface area (Å²) in [4.78, 5) is 31.3. The molecule has 1 aliphatic heterocycles. The number of nitrogens with zero attached hydrogens (tertiary/aromatic N) is 2. The highest BCUT2D eigenvalue weighted by Gasteiger charge is 2.43. The van der Waals surface area contributed by atoms with E-state index in [0.29, 0.717) is 0 Å². The molecule has 4 atom stereocenters. The fourth-order valence-electron chi connectivity index (χ4n) is 2.43. The zero-order chi connectivity index (χ0) is 16.0. The third-order valence-electron chi connectivity index (χ3n) is 3.52. The summed E-state index contributed by atoms with van der Waals surface area (Å²) in [7, 11) is 0. The van der Waals surface area contributed by atoms with Crippen molar-refractivity contribution in [2.45, 2.75) is 24.5 Å². The van der Waals surface area contributed by atoms with Crippen molar-refractivity contribution < 1.29 is 20.1 Å². The molecule has 0 bridgehead atoms. The van der Waals surface area contributed by atoms with Crippen LogP contribution in [0.15, 0.2) is 15.9 Å². The molecule has 3 heterocycles. The number of hydrogen-bond donors (Lipinski definition) is 6. The number of fused-ring (bicyclic) bond motifs is 1. The Kier molecular flexibility index (Phi) is 3.41. The van der Waals surface area contributed by atoms with Crippen LogP contribution in [0.25, 0.3) is 11.0 Å². The van der Waals surface area contributed by atoms with Crippen LogP contribution in [0.2, 0.25) is 0 Å². The number of H-pyrrole nitrogens is 2. The largest absolute Gasteiger partial charge is 0.394 e. The first-order valence-corrected chi connectivity index (χ1v) is 6.34. The first kappa shape index (κ1) is 14.6. The maximum atomic E-state index is 11.8. The van der Waals surface area contributed by atoms with Gasteiger partial charge in [0.2, 0.25) is 0 Å². The lowest BCUT2D eigenvalue weighted by Crippen LogP contribution is -2.35. The van der Waals surface area contributed by atoms with Crippen LogP contribution in [0, 0.1) is 5.41 Å². The van der Waals surface area contributed by atoms with Crippen molar-refractivity contribution in [2.75, 3.05) is 6.61 Å². The van der Waals surface area contributed by atoms with E-state index in [1.807, 2.05) is 4.98 Å². The van der Waals surface area contributed by atoms with E-state index in [4.69, 9.17) is 15.3 Å². The summed E-state index contributed by atoms with van der Waals surface area (Å²) in [6.07, 6.45) is -3.86. The van der Waals surface area contributed by atoms with Gasteiger partial charge in [0.1, 0.15) is 35.7 Å². The van der Waals surface area contributed by atoms with Gasteiger partial charge in [0.25, 0.3) is 5.56 Å². The SMILES string of the molecule is N=c1ncn([C@H]2O[C@H](CO)[C@@H](O)[C@@H]2O)c2[nH]c(=O)[nH]c(=O)c12. The van der Waals surface area contributed by atoms with Crippen molar-refractivity contribution in [1.82, 2.24) is 19.5 Å². The minimum Gasteiger partial charge on any atom is -0.394 e. The normalized spacial score (nSPS) is 28.3. The van der Waals surface area contributed by atoms with Crippen LogP contribution in [-0.2, 0) is 4.74 Å². The minimum absolute atomic E-state index is 0.0800. The van der Waals surface area contributed by atoms with Crippen LogP contribution in [-0.4, -0.2) is 59.8 Å². The predicted molar refractivity (Wildman–Crippen MR) is 69.8 cm³/mol. The monoisotopic (exact) mass is 311 g/mol. The zero-order valence-electron chi connectivity index (χ0n) is 11.1. The fourth-order valence-corrected chi connectivity index (χ4v) is 2.43. The van der Waals surface area contributed by atoms with Crippen molar-refractivity contribution in [1.29, 1.82) is 5.41 Å². The van der Waals surface area contributed by atoms with Gasteiger partial charge in [-0.25, -0.2) is 9.78 Å². The lowest BCUT2D eigenvalue weighted by Gasteiger charge is -2.19. The summed E-state index contributed by atoms with van der Waals surface area (Å²) in [5, 5.41) is 36.4. The predicted octanol–water partition coefficient (Wildman–Crippen LogP) is -3.50. The third kappa shape index (κ3) is 2.07. The maximum Gasteiger partial charge on any atom is 0.327 e. The molecule has 2 aromatic heterocycles. The van der Waals surface area contributed by atoms with Crippen LogP contribution < -0.4 is 16.7 Å². The molecule has 0 aliphatic carbocycles. The number of aliphatic hydroxyl groups is 3. The van der Waals surface area contributed by atoms with E-state index in [2.05, 4.69) is 9.97 Å².